The average molecular weight is 1180 g/mol. The Kier molecular flexibility index (Phi) is 24.8. The van der Waals surface area contributed by atoms with Crippen molar-refractivity contribution in [1.82, 2.24) is 0 Å². The van der Waals surface area contributed by atoms with Gasteiger partial charge >= 0.3 is 278 Å². The number of thiophene rings is 2. The Morgan fingerprint density at radius 1 is 0.426 bits per heavy atom. The molecule has 5 aromatic rings. The van der Waals surface area contributed by atoms with Crippen molar-refractivity contribution in [2.75, 3.05) is 13.2 Å². The van der Waals surface area contributed by atoms with E-state index in [0.717, 1.165) is 58.7 Å². The molecular weight excluding hydrogens is 1090 g/mol. The molecule has 5 rings (SSSR count). The summed E-state index contributed by atoms with van der Waals surface area (Å²) in [7, 11) is 0. The van der Waals surface area contributed by atoms with Gasteiger partial charge in [0.1, 0.15) is 0 Å². The summed E-state index contributed by atoms with van der Waals surface area (Å²) in [5.74, 6) is 1.03. The maximum atomic E-state index is 16.6. The predicted molar refractivity (Wildman–Crippen MR) is 305 cm³/mol. The number of ether oxygens (including phenoxy) is 2. The second-order valence-electron chi connectivity index (χ2n) is 22.4. The van der Waals surface area contributed by atoms with Crippen molar-refractivity contribution in [2.24, 2.45) is 11.8 Å². The van der Waals surface area contributed by atoms with Crippen LogP contribution in [0, 0.1) is 23.5 Å². The summed E-state index contributed by atoms with van der Waals surface area (Å²) < 4.78 is 51.2. The van der Waals surface area contributed by atoms with E-state index in [4.69, 9.17) is 9.47 Å². The molecule has 0 aliphatic heterocycles. The second kappa shape index (κ2) is 29.4. The zero-order chi connectivity index (χ0) is 49.1. The Morgan fingerprint density at radius 3 is 1.04 bits per heavy atom. The summed E-state index contributed by atoms with van der Waals surface area (Å²) in [6.45, 7) is 10.2. The number of halogens is 2. The summed E-state index contributed by atoms with van der Waals surface area (Å²) in [6, 6.07) is 16.3. The predicted octanol–water partition coefficient (Wildman–Crippen LogP) is 20.3. The van der Waals surface area contributed by atoms with Crippen molar-refractivity contribution in [3.63, 3.8) is 0 Å². The minimum atomic E-state index is -2.62. The number of unbranched alkanes of at least 4 members (excludes halogenated alkanes) is 16. The third-order valence-electron chi connectivity index (χ3n) is 14.2. The molecular formula is C60H92F2O2S2Sn2. The van der Waals surface area contributed by atoms with E-state index in [2.05, 4.69) is 81.6 Å². The van der Waals surface area contributed by atoms with Crippen LogP contribution in [0.3, 0.4) is 0 Å². The molecule has 2 heterocycles. The molecule has 0 saturated heterocycles. The van der Waals surface area contributed by atoms with E-state index in [1.165, 1.54) is 144 Å². The number of hydrogen-bond donors (Lipinski definition) is 0. The number of benzene rings is 3. The van der Waals surface area contributed by atoms with Crippen LogP contribution in [0.25, 0.3) is 42.4 Å². The standard InChI is InChI=1S/C54H74F2O2S2.6CH3.2Sn/c1-5-9-13-17-19-23-27-41(25-21-15-11-7-3)39-57-49-31-29-43(37-47(49)55)51-45-33-35-60-54(45)52(46-34-36-59-53(46)51)44-30-32-50(48(56)38-44)58-40-42(26-22-16-12-8-4)28-24-20-18-14-10-6-2;;;;;;;;/h29-34,37-38,41-42H,5-28,39-40H2,1-4H3;6*1H3;;. The van der Waals surface area contributed by atoms with E-state index in [1.807, 2.05) is 34.8 Å². The van der Waals surface area contributed by atoms with Crippen LogP contribution in [0.4, 0.5) is 8.78 Å². The molecule has 68 heavy (non-hydrogen) atoms. The molecule has 0 radical (unpaired) electrons. The van der Waals surface area contributed by atoms with Crippen molar-refractivity contribution in [3.05, 3.63) is 60.2 Å². The fourth-order valence-corrected chi connectivity index (χ4v) is 22.7. The Balaban J connectivity index is 1.48. The molecule has 0 N–H and O–H groups in total. The molecule has 0 bridgehead atoms. The van der Waals surface area contributed by atoms with Gasteiger partial charge in [0.05, 0.1) is 0 Å². The molecule has 2 atom stereocenters. The van der Waals surface area contributed by atoms with E-state index in [0.29, 0.717) is 36.5 Å². The summed E-state index contributed by atoms with van der Waals surface area (Å²) >= 11 is -1.44. The van der Waals surface area contributed by atoms with Crippen LogP contribution in [0.5, 0.6) is 11.5 Å². The SMILES string of the molecule is CCCCCCCCC(CCCCCC)COc1ccc(-c2c3c[c]([Sn]([CH3])([CH3])[CH3])sc3c(-c3ccc(OCC(CCCCCC)CCCCCCCC)c(F)c3)c3c[c]([Sn]([CH3])([CH3])[CH3])sc23)cc1F. The third kappa shape index (κ3) is 17.4. The van der Waals surface area contributed by atoms with Crippen LogP contribution in [0.15, 0.2) is 48.5 Å². The third-order valence-corrected chi connectivity index (χ3v) is 35.3. The Morgan fingerprint density at radius 2 is 0.735 bits per heavy atom. The number of hydrogen-bond acceptors (Lipinski definition) is 4. The molecule has 0 saturated carbocycles. The zero-order valence-electron chi connectivity index (χ0n) is 44.5. The normalized spacial score (nSPS) is 13.2. The first-order valence-corrected chi connectivity index (χ1v) is 49.2. The van der Waals surface area contributed by atoms with Crippen molar-refractivity contribution >= 4 is 85.4 Å². The van der Waals surface area contributed by atoms with Gasteiger partial charge < -0.3 is 0 Å². The van der Waals surface area contributed by atoms with Crippen LogP contribution in [0.1, 0.15) is 182 Å². The van der Waals surface area contributed by atoms with Gasteiger partial charge in [-0.05, 0) is 0 Å². The maximum absolute atomic E-state index is 16.6. The zero-order valence-corrected chi connectivity index (χ0v) is 51.9. The molecule has 0 spiro atoms. The van der Waals surface area contributed by atoms with Crippen LogP contribution < -0.4 is 15.3 Å². The molecule has 0 aliphatic rings. The molecule has 3 aromatic carbocycles. The molecule has 2 nitrogen and oxygen atoms in total. The minimum absolute atomic E-state index is 0.290. The van der Waals surface area contributed by atoms with Crippen LogP contribution in [0.2, 0.25) is 29.6 Å². The molecule has 2 unspecified atom stereocenters. The van der Waals surface area contributed by atoms with Crippen LogP contribution >= 0.6 is 22.7 Å². The van der Waals surface area contributed by atoms with Gasteiger partial charge in [0.2, 0.25) is 0 Å². The van der Waals surface area contributed by atoms with Crippen LogP contribution in [-0.2, 0) is 0 Å². The van der Waals surface area contributed by atoms with E-state index in [9.17, 15) is 0 Å². The fraction of sp³-hybridized carbons (Fsp3) is 0.633. The molecule has 0 amide bonds. The van der Waals surface area contributed by atoms with E-state index in [1.54, 1.807) is 12.1 Å². The summed E-state index contributed by atoms with van der Waals surface area (Å²) in [6.07, 6.45) is 30.0. The van der Waals surface area contributed by atoms with Gasteiger partial charge in [-0.2, -0.15) is 0 Å². The second-order valence-corrected chi connectivity index (χ2v) is 55.3. The Labute approximate surface area is 430 Å². The van der Waals surface area contributed by atoms with Gasteiger partial charge in [-0.3, -0.25) is 0 Å². The Bertz CT molecular complexity index is 2040. The topological polar surface area (TPSA) is 18.5 Å². The van der Waals surface area contributed by atoms with E-state index < -0.39 is 36.8 Å². The van der Waals surface area contributed by atoms with Crippen molar-refractivity contribution < 1.29 is 18.3 Å². The van der Waals surface area contributed by atoms with E-state index >= 15 is 8.78 Å². The van der Waals surface area contributed by atoms with E-state index in [-0.39, 0.29) is 11.6 Å². The quantitative estimate of drug-likeness (QED) is 0.0302. The van der Waals surface area contributed by atoms with Gasteiger partial charge in [-0.15, -0.1) is 0 Å². The van der Waals surface area contributed by atoms with Gasteiger partial charge in [0, 0.05) is 0 Å². The molecule has 2 aromatic heterocycles. The first-order chi connectivity index (χ1) is 32.7. The first-order valence-electron chi connectivity index (χ1n) is 27.6. The van der Waals surface area contributed by atoms with Gasteiger partial charge in [-0.1, -0.05) is 156 Å². The fourth-order valence-electron chi connectivity index (χ4n) is 9.81. The molecule has 0 aliphatic carbocycles. The van der Waals surface area contributed by atoms with Crippen molar-refractivity contribution in [1.29, 1.82) is 0 Å². The van der Waals surface area contributed by atoms with Gasteiger partial charge in [0.25, 0.3) is 0 Å². The van der Waals surface area contributed by atoms with Crippen molar-refractivity contribution in [2.45, 2.75) is 211 Å². The first kappa shape index (κ1) is 57.5. The molecule has 0 fully saturated rings. The number of rotatable bonds is 34. The van der Waals surface area contributed by atoms with Crippen LogP contribution in [-0.4, -0.2) is 50.0 Å². The summed E-state index contributed by atoms with van der Waals surface area (Å²) in [4.78, 5) is 14.8. The van der Waals surface area contributed by atoms with Crippen molar-refractivity contribution in [3.8, 4) is 33.8 Å². The average Bonchev–Trinajstić information content (AvgIpc) is 3.95. The molecule has 378 valence electrons. The monoisotopic (exact) mass is 1190 g/mol. The summed E-state index contributed by atoms with van der Waals surface area (Å²) in [5.41, 5.74) is 4.01. The van der Waals surface area contributed by atoms with Gasteiger partial charge in [-0.25, -0.2) is 0 Å². The number of fused-ring (bicyclic) bond motifs is 2. The van der Waals surface area contributed by atoms with Gasteiger partial charge in [0.15, 0.2) is 0 Å². The molecule has 8 heteroatoms. The Hall–Kier alpha value is -1.36. The summed E-state index contributed by atoms with van der Waals surface area (Å²) in [5, 5.41) is 2.33.